The van der Waals surface area contributed by atoms with E-state index < -0.39 is 0 Å². The Morgan fingerprint density at radius 3 is 2.83 bits per heavy atom. The third-order valence-corrected chi connectivity index (χ3v) is 3.46. The van der Waals surface area contributed by atoms with Gasteiger partial charge in [-0.25, -0.2) is 4.98 Å². The number of para-hydroxylation sites is 1. The van der Waals surface area contributed by atoms with Gasteiger partial charge in [0, 0.05) is 5.56 Å². The van der Waals surface area contributed by atoms with Crippen LogP contribution in [0.3, 0.4) is 0 Å². The third kappa shape index (κ3) is 2.78. The first-order valence-corrected chi connectivity index (χ1v) is 7.00. The Balaban J connectivity index is 2.10. The fourth-order valence-corrected chi connectivity index (χ4v) is 2.25. The number of benzene rings is 2. The molecule has 0 aliphatic heterocycles. The molecule has 1 heterocycles. The van der Waals surface area contributed by atoms with Gasteiger partial charge in [0.25, 0.3) is 5.56 Å². The molecule has 116 valence electrons. The van der Waals surface area contributed by atoms with E-state index in [-0.39, 0.29) is 11.3 Å². The Bertz CT molecular complexity index is 961. The summed E-state index contributed by atoms with van der Waals surface area (Å²) >= 11 is 0. The SMILES string of the molecule is COc1ccc(O)c(C=Nn2c(C)nc3ccccc3c2=O)c1. The van der Waals surface area contributed by atoms with E-state index in [1.54, 1.807) is 37.3 Å². The lowest BCUT2D eigenvalue weighted by atomic mass is 10.2. The van der Waals surface area contributed by atoms with Crippen LogP contribution in [0.2, 0.25) is 0 Å². The molecule has 3 aromatic rings. The van der Waals surface area contributed by atoms with Crippen molar-refractivity contribution in [3.05, 3.63) is 64.2 Å². The molecule has 0 aliphatic rings. The predicted molar refractivity (Wildman–Crippen MR) is 88.4 cm³/mol. The summed E-state index contributed by atoms with van der Waals surface area (Å²) in [5.74, 6) is 1.10. The fourth-order valence-electron chi connectivity index (χ4n) is 2.25. The number of phenolic OH excluding ortho intramolecular Hbond substituents is 1. The van der Waals surface area contributed by atoms with Gasteiger partial charge in [-0.15, -0.1) is 0 Å². The Morgan fingerprint density at radius 2 is 2.04 bits per heavy atom. The fraction of sp³-hybridized carbons (Fsp3) is 0.118. The molecule has 3 rings (SSSR count). The molecule has 6 heteroatoms. The molecular weight excluding hydrogens is 294 g/mol. The van der Waals surface area contributed by atoms with Gasteiger partial charge in [-0.2, -0.15) is 9.78 Å². The first-order chi connectivity index (χ1) is 11.1. The monoisotopic (exact) mass is 309 g/mol. The molecule has 2 aromatic carbocycles. The van der Waals surface area contributed by atoms with Crippen molar-refractivity contribution in [2.45, 2.75) is 6.92 Å². The van der Waals surface area contributed by atoms with Gasteiger partial charge in [0.05, 0.1) is 24.2 Å². The summed E-state index contributed by atoms with van der Waals surface area (Å²) in [7, 11) is 1.54. The third-order valence-electron chi connectivity index (χ3n) is 3.46. The highest BCUT2D eigenvalue weighted by atomic mass is 16.5. The molecule has 0 spiro atoms. The van der Waals surface area contributed by atoms with Crippen LogP contribution in [-0.2, 0) is 0 Å². The maximum Gasteiger partial charge on any atom is 0.282 e. The smallest absolute Gasteiger partial charge is 0.282 e. The molecule has 0 bridgehead atoms. The highest BCUT2D eigenvalue weighted by Gasteiger charge is 2.07. The lowest BCUT2D eigenvalue weighted by molar-refractivity contribution is 0.412. The van der Waals surface area contributed by atoms with Crippen molar-refractivity contribution in [3.8, 4) is 11.5 Å². The number of phenols is 1. The van der Waals surface area contributed by atoms with Crippen LogP contribution >= 0.6 is 0 Å². The normalized spacial score (nSPS) is 11.2. The minimum atomic E-state index is -0.258. The zero-order valence-corrected chi connectivity index (χ0v) is 12.7. The maximum absolute atomic E-state index is 12.5. The molecule has 0 saturated carbocycles. The van der Waals surface area contributed by atoms with Gasteiger partial charge in [0.15, 0.2) is 0 Å². The molecule has 1 N–H and O–H groups in total. The predicted octanol–water partition coefficient (Wildman–Crippen LogP) is 2.30. The molecule has 6 nitrogen and oxygen atoms in total. The Morgan fingerprint density at radius 1 is 1.26 bits per heavy atom. The summed E-state index contributed by atoms with van der Waals surface area (Å²) < 4.78 is 6.32. The van der Waals surface area contributed by atoms with Crippen molar-refractivity contribution in [2.75, 3.05) is 7.11 Å². The van der Waals surface area contributed by atoms with Crippen molar-refractivity contribution < 1.29 is 9.84 Å². The van der Waals surface area contributed by atoms with Gasteiger partial charge in [-0.3, -0.25) is 4.79 Å². The number of hydrogen-bond donors (Lipinski definition) is 1. The van der Waals surface area contributed by atoms with Crippen LogP contribution in [0.1, 0.15) is 11.4 Å². The number of aromatic nitrogens is 2. The largest absolute Gasteiger partial charge is 0.507 e. The molecule has 0 saturated heterocycles. The highest BCUT2D eigenvalue weighted by molar-refractivity contribution is 5.84. The van der Waals surface area contributed by atoms with Gasteiger partial charge < -0.3 is 9.84 Å². The first-order valence-electron chi connectivity index (χ1n) is 7.00. The Kier molecular flexibility index (Phi) is 3.80. The maximum atomic E-state index is 12.5. The number of nitrogens with zero attached hydrogens (tertiary/aromatic N) is 3. The molecule has 0 amide bonds. The van der Waals surface area contributed by atoms with Gasteiger partial charge in [-0.05, 0) is 37.3 Å². The topological polar surface area (TPSA) is 76.7 Å². The summed E-state index contributed by atoms with van der Waals surface area (Å²) in [4.78, 5) is 16.9. The number of methoxy groups -OCH3 is 1. The Hall–Kier alpha value is -3.15. The van der Waals surface area contributed by atoms with Gasteiger partial charge in [-0.1, -0.05) is 12.1 Å². The van der Waals surface area contributed by atoms with Gasteiger partial charge in [0.1, 0.15) is 17.3 Å². The zero-order valence-electron chi connectivity index (χ0n) is 12.7. The summed E-state index contributed by atoms with van der Waals surface area (Å²) in [5.41, 5.74) is 0.821. The van der Waals surface area contributed by atoms with Crippen LogP contribution in [0, 0.1) is 6.92 Å². The summed E-state index contributed by atoms with van der Waals surface area (Å²) in [6.07, 6.45) is 1.41. The van der Waals surface area contributed by atoms with Crippen LogP contribution in [0.4, 0.5) is 0 Å². The quantitative estimate of drug-likeness (QED) is 0.753. The average Bonchev–Trinajstić information content (AvgIpc) is 2.56. The molecule has 0 unspecified atom stereocenters. The molecule has 0 atom stereocenters. The minimum Gasteiger partial charge on any atom is -0.507 e. The van der Waals surface area contributed by atoms with E-state index in [2.05, 4.69) is 10.1 Å². The van der Waals surface area contributed by atoms with E-state index in [9.17, 15) is 9.90 Å². The number of aromatic hydroxyl groups is 1. The number of rotatable bonds is 3. The van der Waals surface area contributed by atoms with Crippen LogP contribution < -0.4 is 10.3 Å². The van der Waals surface area contributed by atoms with Crippen LogP contribution in [-0.4, -0.2) is 28.1 Å². The number of fused-ring (bicyclic) bond motifs is 1. The first kappa shape index (κ1) is 14.8. The summed E-state index contributed by atoms with van der Waals surface area (Å²) in [6, 6.07) is 11.9. The second-order valence-corrected chi connectivity index (χ2v) is 4.96. The Labute approximate surface area is 132 Å². The number of aryl methyl sites for hydroxylation is 1. The van der Waals surface area contributed by atoms with Crippen molar-refractivity contribution in [3.63, 3.8) is 0 Å². The molecular formula is C17H15N3O3. The number of ether oxygens (including phenoxy) is 1. The van der Waals surface area contributed by atoms with Crippen molar-refractivity contribution >= 4 is 17.1 Å². The van der Waals surface area contributed by atoms with Gasteiger partial charge >= 0.3 is 0 Å². The van der Waals surface area contributed by atoms with E-state index in [1.807, 2.05) is 6.07 Å². The van der Waals surface area contributed by atoms with E-state index in [0.29, 0.717) is 28.0 Å². The van der Waals surface area contributed by atoms with E-state index in [4.69, 9.17) is 4.74 Å². The van der Waals surface area contributed by atoms with Crippen molar-refractivity contribution in [1.82, 2.24) is 9.66 Å². The molecule has 0 radical (unpaired) electrons. The highest BCUT2D eigenvalue weighted by Crippen LogP contribution is 2.21. The van der Waals surface area contributed by atoms with E-state index in [1.165, 1.54) is 24.1 Å². The minimum absolute atomic E-state index is 0.0500. The summed E-state index contributed by atoms with van der Waals surface area (Å²) in [5, 5.41) is 14.5. The molecule has 0 fully saturated rings. The van der Waals surface area contributed by atoms with Crippen LogP contribution in [0.25, 0.3) is 10.9 Å². The standard InChI is InChI=1S/C17H15N3O3/c1-11-19-15-6-4-3-5-14(15)17(22)20(11)18-10-12-9-13(23-2)7-8-16(12)21/h3-10,21H,1-2H3. The molecule has 23 heavy (non-hydrogen) atoms. The van der Waals surface area contributed by atoms with Crippen molar-refractivity contribution in [2.24, 2.45) is 5.10 Å². The van der Waals surface area contributed by atoms with Crippen LogP contribution in [0.5, 0.6) is 11.5 Å². The van der Waals surface area contributed by atoms with E-state index in [0.717, 1.165) is 0 Å². The average molecular weight is 309 g/mol. The lowest BCUT2D eigenvalue weighted by Gasteiger charge is -2.06. The molecule has 0 aliphatic carbocycles. The van der Waals surface area contributed by atoms with Crippen molar-refractivity contribution in [1.29, 1.82) is 0 Å². The second kappa shape index (κ2) is 5.92. The van der Waals surface area contributed by atoms with E-state index >= 15 is 0 Å². The zero-order chi connectivity index (χ0) is 16.4. The molecule has 1 aromatic heterocycles. The van der Waals surface area contributed by atoms with Crippen LogP contribution in [0.15, 0.2) is 52.4 Å². The lowest BCUT2D eigenvalue weighted by Crippen LogP contribution is -2.20. The summed E-state index contributed by atoms with van der Waals surface area (Å²) in [6.45, 7) is 1.70. The van der Waals surface area contributed by atoms with Gasteiger partial charge in [0.2, 0.25) is 0 Å². The second-order valence-electron chi connectivity index (χ2n) is 4.96. The number of hydrogen-bond acceptors (Lipinski definition) is 5.